The number of aromatic nitrogens is 5. The lowest BCUT2D eigenvalue weighted by Gasteiger charge is -2.21. The van der Waals surface area contributed by atoms with E-state index in [0.29, 0.717) is 17.5 Å². The lowest BCUT2D eigenvalue weighted by atomic mass is 9.82. The third-order valence-corrected chi connectivity index (χ3v) is 14.8. The number of hydrogen-bond acceptors (Lipinski definition) is 3. The molecule has 0 fully saturated rings. The number of para-hydroxylation sites is 3. The lowest BCUT2D eigenvalue weighted by molar-refractivity contribution is 0.660. The van der Waals surface area contributed by atoms with Crippen LogP contribution in [0.15, 0.2) is 237 Å². The second-order valence-corrected chi connectivity index (χ2v) is 19.1. The first-order valence-electron chi connectivity index (χ1n) is 24.4. The van der Waals surface area contributed by atoms with Gasteiger partial charge in [-0.3, -0.25) is 0 Å². The molecule has 0 radical (unpaired) electrons. The van der Waals surface area contributed by atoms with E-state index >= 15 is 0 Å². The molecule has 0 spiro atoms. The summed E-state index contributed by atoms with van der Waals surface area (Å²) >= 11 is 0. The second kappa shape index (κ2) is 15.9. The molecule has 1 aliphatic rings. The normalized spacial score (nSPS) is 12.8. The van der Waals surface area contributed by atoms with Crippen molar-refractivity contribution >= 4 is 43.6 Å². The zero-order valence-electron chi connectivity index (χ0n) is 39.3. The van der Waals surface area contributed by atoms with Gasteiger partial charge in [-0.25, -0.2) is 15.0 Å². The Bertz CT molecular complexity index is 4240. The van der Waals surface area contributed by atoms with Crippen molar-refractivity contribution in [2.75, 3.05) is 0 Å². The molecule has 3 aromatic heterocycles. The molecule has 334 valence electrons. The van der Waals surface area contributed by atoms with E-state index in [1.807, 2.05) is 18.2 Å². The Morgan fingerprint density at radius 3 is 1.58 bits per heavy atom. The van der Waals surface area contributed by atoms with Gasteiger partial charge in [0.1, 0.15) is 0 Å². The Morgan fingerprint density at radius 1 is 0.310 bits per heavy atom. The smallest absolute Gasteiger partial charge is 0.166 e. The van der Waals surface area contributed by atoms with Crippen LogP contribution in [0.3, 0.4) is 0 Å². The molecule has 0 saturated carbocycles. The van der Waals surface area contributed by atoms with Crippen LogP contribution in [0.25, 0.3) is 123 Å². The molecule has 3 heterocycles. The van der Waals surface area contributed by atoms with Crippen molar-refractivity contribution in [1.29, 1.82) is 0 Å². The van der Waals surface area contributed by atoms with Crippen molar-refractivity contribution < 1.29 is 0 Å². The molecule has 14 rings (SSSR count). The Kier molecular flexibility index (Phi) is 9.17. The summed E-state index contributed by atoms with van der Waals surface area (Å²) in [6.07, 6.45) is 0. The fourth-order valence-electron chi connectivity index (χ4n) is 11.5. The van der Waals surface area contributed by atoms with E-state index in [9.17, 15) is 0 Å². The molecule has 13 aromatic rings. The van der Waals surface area contributed by atoms with E-state index in [1.54, 1.807) is 0 Å². The highest BCUT2D eigenvalue weighted by atomic mass is 15.1. The average molecular weight is 908 g/mol. The summed E-state index contributed by atoms with van der Waals surface area (Å²) < 4.78 is 4.83. The van der Waals surface area contributed by atoms with Gasteiger partial charge in [-0.05, 0) is 99.1 Å². The van der Waals surface area contributed by atoms with E-state index in [-0.39, 0.29) is 5.41 Å². The van der Waals surface area contributed by atoms with Crippen LogP contribution in [-0.4, -0.2) is 24.1 Å². The molecule has 0 aliphatic heterocycles. The van der Waals surface area contributed by atoms with Gasteiger partial charge in [0, 0.05) is 49.3 Å². The largest absolute Gasteiger partial charge is 0.309 e. The van der Waals surface area contributed by atoms with Gasteiger partial charge in [0.25, 0.3) is 0 Å². The number of hydrogen-bond donors (Lipinski definition) is 0. The molecule has 71 heavy (non-hydrogen) atoms. The quantitative estimate of drug-likeness (QED) is 0.160. The first kappa shape index (κ1) is 40.8. The van der Waals surface area contributed by atoms with E-state index < -0.39 is 0 Å². The van der Waals surface area contributed by atoms with Crippen LogP contribution < -0.4 is 0 Å². The minimum Gasteiger partial charge on any atom is -0.309 e. The molecular weight excluding hydrogens is 863 g/mol. The summed E-state index contributed by atoms with van der Waals surface area (Å²) in [7, 11) is 0. The molecular formula is C66H45N5. The first-order chi connectivity index (χ1) is 35.0. The molecule has 0 unspecified atom stereocenters. The zero-order valence-corrected chi connectivity index (χ0v) is 39.3. The van der Waals surface area contributed by atoms with Gasteiger partial charge in [-0.1, -0.05) is 196 Å². The van der Waals surface area contributed by atoms with Gasteiger partial charge in [-0.2, -0.15) is 0 Å². The van der Waals surface area contributed by atoms with Crippen LogP contribution in [0.1, 0.15) is 25.0 Å². The number of fused-ring (bicyclic) bond motifs is 9. The van der Waals surface area contributed by atoms with Crippen molar-refractivity contribution in [2.45, 2.75) is 19.3 Å². The summed E-state index contributed by atoms with van der Waals surface area (Å²) in [5.41, 5.74) is 19.2. The highest BCUT2D eigenvalue weighted by molar-refractivity contribution is 6.22. The summed E-state index contributed by atoms with van der Waals surface area (Å²) in [6, 6.07) is 85.0. The predicted octanol–water partition coefficient (Wildman–Crippen LogP) is 16.7. The molecule has 0 atom stereocenters. The number of rotatable bonds is 7. The third-order valence-electron chi connectivity index (χ3n) is 14.8. The van der Waals surface area contributed by atoms with Gasteiger partial charge >= 0.3 is 0 Å². The molecule has 10 aromatic carbocycles. The van der Waals surface area contributed by atoms with Gasteiger partial charge in [0.05, 0.1) is 27.8 Å². The van der Waals surface area contributed by atoms with Crippen molar-refractivity contribution in [1.82, 2.24) is 24.1 Å². The topological polar surface area (TPSA) is 48.5 Å². The van der Waals surface area contributed by atoms with Crippen LogP contribution in [0.5, 0.6) is 0 Å². The van der Waals surface area contributed by atoms with E-state index in [2.05, 4.69) is 241 Å². The highest BCUT2D eigenvalue weighted by Crippen LogP contribution is 2.50. The molecule has 0 amide bonds. The maximum absolute atomic E-state index is 5.39. The minimum atomic E-state index is -0.106. The van der Waals surface area contributed by atoms with Crippen molar-refractivity contribution in [3.63, 3.8) is 0 Å². The number of nitrogens with zero attached hydrogens (tertiary/aromatic N) is 5. The molecule has 0 saturated heterocycles. The minimum absolute atomic E-state index is 0.106. The van der Waals surface area contributed by atoms with Gasteiger partial charge in [0.2, 0.25) is 0 Å². The first-order valence-corrected chi connectivity index (χ1v) is 24.4. The highest BCUT2D eigenvalue weighted by Gasteiger charge is 2.35. The molecule has 1 aliphatic carbocycles. The van der Waals surface area contributed by atoms with Crippen LogP contribution in [-0.2, 0) is 5.41 Å². The summed E-state index contributed by atoms with van der Waals surface area (Å²) in [6.45, 7) is 4.62. The second-order valence-electron chi connectivity index (χ2n) is 19.1. The Balaban J connectivity index is 0.984. The molecule has 0 bridgehead atoms. The van der Waals surface area contributed by atoms with Crippen LogP contribution in [0, 0.1) is 0 Å². The van der Waals surface area contributed by atoms with Gasteiger partial charge in [-0.15, -0.1) is 0 Å². The van der Waals surface area contributed by atoms with Gasteiger partial charge < -0.3 is 9.13 Å². The molecule has 0 N–H and O–H groups in total. The summed E-state index contributed by atoms with van der Waals surface area (Å²) in [5, 5.41) is 4.79. The zero-order chi connectivity index (χ0) is 47.2. The molecule has 5 nitrogen and oxygen atoms in total. The Labute approximate surface area is 411 Å². The van der Waals surface area contributed by atoms with Crippen LogP contribution in [0.4, 0.5) is 0 Å². The summed E-state index contributed by atoms with van der Waals surface area (Å²) in [5.74, 6) is 1.88. The number of benzene rings is 10. The van der Waals surface area contributed by atoms with Crippen molar-refractivity contribution in [2.24, 2.45) is 0 Å². The predicted molar refractivity (Wildman–Crippen MR) is 293 cm³/mol. The monoisotopic (exact) mass is 907 g/mol. The summed E-state index contributed by atoms with van der Waals surface area (Å²) in [4.78, 5) is 15.9. The van der Waals surface area contributed by atoms with E-state index in [0.717, 1.165) is 44.6 Å². The maximum atomic E-state index is 5.39. The molecule has 5 heteroatoms. The van der Waals surface area contributed by atoms with E-state index in [4.69, 9.17) is 15.0 Å². The Morgan fingerprint density at radius 2 is 0.831 bits per heavy atom. The van der Waals surface area contributed by atoms with Crippen molar-refractivity contribution in [3.05, 3.63) is 248 Å². The van der Waals surface area contributed by atoms with Gasteiger partial charge in [0.15, 0.2) is 17.5 Å². The maximum Gasteiger partial charge on any atom is 0.166 e. The van der Waals surface area contributed by atoms with Crippen LogP contribution >= 0.6 is 0 Å². The lowest BCUT2D eigenvalue weighted by Crippen LogP contribution is -2.14. The van der Waals surface area contributed by atoms with E-state index in [1.165, 1.54) is 71.6 Å². The standard InChI is InChI=1S/C66H45N5/c1-66(2)54-31-15-12-26-47(54)53-40-45(37-39-55(53)66)64-67-63(43-22-8-4-9-23-43)68-65(69-64)52-28-14-17-33-57(52)71-56-32-16-13-27-50(56)61-48(30-19-35-59(61)71)49-29-18-34-58-62(49)51-38-36-44(42-20-6-3-7-21-42)41-60(51)70(58)46-24-10-5-11-25-46/h3-41H,1-2H3. The fraction of sp³-hybridized carbons (Fsp3) is 0.0455. The fourth-order valence-corrected chi connectivity index (χ4v) is 11.5. The van der Waals surface area contributed by atoms with Crippen LogP contribution in [0.2, 0.25) is 0 Å². The van der Waals surface area contributed by atoms with Crippen molar-refractivity contribution in [3.8, 4) is 78.9 Å². The SMILES string of the molecule is CC1(C)c2ccccc2-c2cc(-c3nc(-c4ccccc4)nc(-c4ccccc4-n4c5ccccc5c5c(-c6cccc7c6c6ccc(-c8ccccc8)cc6n7-c6ccccc6)cccc54)n3)ccc21. The Hall–Kier alpha value is -9.19. The third kappa shape index (κ3) is 6.36. The average Bonchev–Trinajstić information content (AvgIpc) is 4.04.